The summed E-state index contributed by atoms with van der Waals surface area (Å²) in [4.78, 5) is 14.9. The van der Waals surface area contributed by atoms with E-state index in [1.807, 2.05) is 0 Å². The quantitative estimate of drug-likeness (QED) is 0.901. The number of primary sulfonamides is 1. The SMILES string of the molecule is CC(=O)Nc1ccc(-c2cncc(Cl)c2)c(S(N)(=O)=O)c1. The standard InChI is InChI=1S/C13H12ClN3O3S/c1-8(18)17-11-2-3-12(13(5-11)21(15,19)20)9-4-10(14)7-16-6-9/h2-7H,1H3,(H,17,18)(H2,15,19,20). The van der Waals surface area contributed by atoms with Crippen LogP contribution >= 0.6 is 11.6 Å². The average molecular weight is 326 g/mol. The van der Waals surface area contributed by atoms with Crippen molar-refractivity contribution in [1.29, 1.82) is 0 Å². The van der Waals surface area contributed by atoms with Gasteiger partial charge in [0.2, 0.25) is 15.9 Å². The van der Waals surface area contributed by atoms with E-state index in [4.69, 9.17) is 16.7 Å². The van der Waals surface area contributed by atoms with E-state index in [1.165, 1.54) is 25.4 Å². The number of hydrogen-bond donors (Lipinski definition) is 2. The predicted molar refractivity (Wildman–Crippen MR) is 80.4 cm³/mol. The molecule has 1 aromatic carbocycles. The van der Waals surface area contributed by atoms with Gasteiger partial charge in [-0.3, -0.25) is 9.78 Å². The monoisotopic (exact) mass is 325 g/mol. The Labute approximate surface area is 127 Å². The Hall–Kier alpha value is -1.96. The highest BCUT2D eigenvalue weighted by Crippen LogP contribution is 2.30. The summed E-state index contributed by atoms with van der Waals surface area (Å²) < 4.78 is 23.5. The molecule has 0 atom stereocenters. The van der Waals surface area contributed by atoms with Gasteiger partial charge >= 0.3 is 0 Å². The number of carbonyl (C=O) groups is 1. The zero-order valence-corrected chi connectivity index (χ0v) is 12.6. The Morgan fingerprint density at radius 2 is 2.00 bits per heavy atom. The third-order valence-electron chi connectivity index (χ3n) is 2.62. The second-order valence-corrected chi connectivity index (χ2v) is 6.30. The molecule has 1 aromatic heterocycles. The summed E-state index contributed by atoms with van der Waals surface area (Å²) in [6.07, 6.45) is 2.92. The summed E-state index contributed by atoms with van der Waals surface area (Å²) in [5, 5.41) is 8.12. The summed E-state index contributed by atoms with van der Waals surface area (Å²) in [7, 11) is -3.97. The van der Waals surface area contributed by atoms with Crippen molar-refractivity contribution in [2.45, 2.75) is 11.8 Å². The number of aromatic nitrogens is 1. The maximum atomic E-state index is 11.8. The molecule has 21 heavy (non-hydrogen) atoms. The number of pyridine rings is 1. The van der Waals surface area contributed by atoms with E-state index in [1.54, 1.807) is 18.2 Å². The minimum absolute atomic E-state index is 0.113. The van der Waals surface area contributed by atoms with E-state index in [0.29, 0.717) is 21.8 Å². The van der Waals surface area contributed by atoms with Crippen molar-refractivity contribution in [3.05, 3.63) is 41.7 Å². The largest absolute Gasteiger partial charge is 0.326 e. The minimum atomic E-state index is -3.97. The first kappa shape index (κ1) is 15.4. The van der Waals surface area contributed by atoms with E-state index in [-0.39, 0.29) is 10.8 Å². The van der Waals surface area contributed by atoms with Crippen LogP contribution in [0, 0.1) is 0 Å². The fraction of sp³-hybridized carbons (Fsp3) is 0.0769. The van der Waals surface area contributed by atoms with Gasteiger partial charge in [-0.15, -0.1) is 0 Å². The molecule has 0 saturated carbocycles. The molecular formula is C13H12ClN3O3S. The maximum absolute atomic E-state index is 11.8. The molecule has 0 aliphatic rings. The smallest absolute Gasteiger partial charge is 0.238 e. The number of rotatable bonds is 3. The number of nitrogens with one attached hydrogen (secondary N) is 1. The molecule has 110 valence electrons. The van der Waals surface area contributed by atoms with Crippen molar-refractivity contribution in [2.75, 3.05) is 5.32 Å². The number of anilines is 1. The normalized spacial score (nSPS) is 11.2. The Morgan fingerprint density at radius 3 is 2.57 bits per heavy atom. The molecule has 0 aliphatic carbocycles. The van der Waals surface area contributed by atoms with Crippen LogP contribution in [0.3, 0.4) is 0 Å². The van der Waals surface area contributed by atoms with Gasteiger partial charge in [-0.1, -0.05) is 17.7 Å². The third-order valence-corrected chi connectivity index (χ3v) is 3.78. The predicted octanol–water partition coefficient (Wildman–Crippen LogP) is 2.01. The third kappa shape index (κ3) is 3.78. The molecular weight excluding hydrogens is 314 g/mol. The molecule has 6 nitrogen and oxygen atoms in total. The van der Waals surface area contributed by atoms with E-state index in [0.717, 1.165) is 0 Å². The number of nitrogens with zero attached hydrogens (tertiary/aromatic N) is 1. The second kappa shape index (κ2) is 5.80. The number of carbonyl (C=O) groups excluding carboxylic acids is 1. The average Bonchev–Trinajstić information content (AvgIpc) is 2.37. The summed E-state index contributed by atoms with van der Waals surface area (Å²) in [5.41, 5.74) is 1.22. The van der Waals surface area contributed by atoms with Crippen molar-refractivity contribution in [3.63, 3.8) is 0 Å². The van der Waals surface area contributed by atoms with Gasteiger partial charge in [-0.2, -0.15) is 0 Å². The first-order valence-corrected chi connectivity index (χ1v) is 7.75. The second-order valence-electron chi connectivity index (χ2n) is 4.33. The Balaban J connectivity index is 2.63. The number of halogens is 1. The lowest BCUT2D eigenvalue weighted by Crippen LogP contribution is -2.14. The molecule has 0 bridgehead atoms. The van der Waals surface area contributed by atoms with Gasteiger partial charge in [-0.25, -0.2) is 13.6 Å². The molecule has 3 N–H and O–H groups in total. The summed E-state index contributed by atoms with van der Waals surface area (Å²) in [6.45, 7) is 1.32. The van der Waals surface area contributed by atoms with Crippen molar-refractivity contribution in [3.8, 4) is 11.1 Å². The summed E-state index contributed by atoms with van der Waals surface area (Å²) in [6, 6.07) is 5.99. The molecule has 2 aromatic rings. The van der Waals surface area contributed by atoms with Crippen LogP contribution in [0.2, 0.25) is 5.02 Å². The van der Waals surface area contributed by atoms with Crippen LogP contribution in [0.25, 0.3) is 11.1 Å². The fourth-order valence-electron chi connectivity index (χ4n) is 1.84. The highest BCUT2D eigenvalue weighted by atomic mass is 35.5. The Bertz CT molecular complexity index is 806. The zero-order chi connectivity index (χ0) is 15.6. The van der Waals surface area contributed by atoms with Crippen LogP contribution in [0.1, 0.15) is 6.92 Å². The van der Waals surface area contributed by atoms with Gasteiger partial charge in [-0.05, 0) is 18.2 Å². The fourth-order valence-corrected chi connectivity index (χ4v) is 2.79. The van der Waals surface area contributed by atoms with E-state index >= 15 is 0 Å². The van der Waals surface area contributed by atoms with Gasteiger partial charge in [0.1, 0.15) is 0 Å². The van der Waals surface area contributed by atoms with Gasteiger partial charge in [0, 0.05) is 36.1 Å². The molecule has 0 aliphatic heterocycles. The molecule has 2 rings (SSSR count). The Morgan fingerprint density at radius 1 is 1.29 bits per heavy atom. The molecule has 0 spiro atoms. The maximum Gasteiger partial charge on any atom is 0.238 e. The zero-order valence-electron chi connectivity index (χ0n) is 11.0. The van der Waals surface area contributed by atoms with Gasteiger partial charge in [0.25, 0.3) is 0 Å². The van der Waals surface area contributed by atoms with Crippen molar-refractivity contribution in [2.24, 2.45) is 5.14 Å². The van der Waals surface area contributed by atoms with Gasteiger partial charge < -0.3 is 5.32 Å². The van der Waals surface area contributed by atoms with Crippen LogP contribution in [0.4, 0.5) is 5.69 Å². The number of amides is 1. The van der Waals surface area contributed by atoms with Crippen LogP contribution in [-0.4, -0.2) is 19.3 Å². The van der Waals surface area contributed by atoms with E-state index < -0.39 is 10.0 Å². The number of sulfonamides is 1. The summed E-state index contributed by atoms with van der Waals surface area (Å²) in [5.74, 6) is -0.312. The minimum Gasteiger partial charge on any atom is -0.326 e. The molecule has 0 saturated heterocycles. The van der Waals surface area contributed by atoms with Crippen LogP contribution in [-0.2, 0) is 14.8 Å². The highest BCUT2D eigenvalue weighted by molar-refractivity contribution is 7.89. The number of nitrogens with two attached hydrogens (primary N) is 1. The van der Waals surface area contributed by atoms with Crippen molar-refractivity contribution >= 4 is 33.2 Å². The first-order valence-electron chi connectivity index (χ1n) is 5.83. The first-order chi connectivity index (χ1) is 9.77. The number of hydrogen-bond acceptors (Lipinski definition) is 4. The molecule has 0 unspecified atom stereocenters. The van der Waals surface area contributed by atoms with Crippen LogP contribution in [0.5, 0.6) is 0 Å². The summed E-state index contributed by atoms with van der Waals surface area (Å²) >= 11 is 5.86. The van der Waals surface area contributed by atoms with Crippen molar-refractivity contribution in [1.82, 2.24) is 4.98 Å². The lowest BCUT2D eigenvalue weighted by atomic mass is 10.1. The topological polar surface area (TPSA) is 102 Å². The lowest BCUT2D eigenvalue weighted by Gasteiger charge is -2.11. The highest BCUT2D eigenvalue weighted by Gasteiger charge is 2.17. The molecule has 0 radical (unpaired) electrons. The van der Waals surface area contributed by atoms with Crippen LogP contribution < -0.4 is 10.5 Å². The van der Waals surface area contributed by atoms with Crippen molar-refractivity contribution < 1.29 is 13.2 Å². The molecule has 1 amide bonds. The lowest BCUT2D eigenvalue weighted by molar-refractivity contribution is -0.114. The molecule has 8 heteroatoms. The van der Waals surface area contributed by atoms with E-state index in [2.05, 4.69) is 10.3 Å². The van der Waals surface area contributed by atoms with Crippen LogP contribution in [0.15, 0.2) is 41.6 Å². The number of benzene rings is 1. The van der Waals surface area contributed by atoms with Gasteiger partial charge in [0.15, 0.2) is 0 Å². The van der Waals surface area contributed by atoms with E-state index in [9.17, 15) is 13.2 Å². The Kier molecular flexibility index (Phi) is 4.26. The molecule has 0 fully saturated rings. The molecule has 1 heterocycles. The van der Waals surface area contributed by atoms with Gasteiger partial charge in [0.05, 0.1) is 9.92 Å².